The first-order valence-electron chi connectivity index (χ1n) is 9.71. The second-order valence-corrected chi connectivity index (χ2v) is 7.49. The van der Waals surface area contributed by atoms with Crippen molar-refractivity contribution in [1.82, 2.24) is 15.8 Å². The molecule has 0 bridgehead atoms. The highest BCUT2D eigenvalue weighted by Gasteiger charge is 2.38. The van der Waals surface area contributed by atoms with E-state index >= 15 is 0 Å². The number of nitrogens with one attached hydrogen (secondary N) is 2. The summed E-state index contributed by atoms with van der Waals surface area (Å²) in [6.45, 7) is 3.56. The SMILES string of the molecule is Cc1cccc(C2NNCC2C(=O)N2CCN(c3ccc(C#N)cc3)C(=O)C2)c1. The van der Waals surface area contributed by atoms with Crippen LogP contribution in [0.15, 0.2) is 48.5 Å². The van der Waals surface area contributed by atoms with E-state index < -0.39 is 0 Å². The number of carbonyl (C=O) groups excluding carboxylic acids is 2. The van der Waals surface area contributed by atoms with Gasteiger partial charge in [-0.2, -0.15) is 5.26 Å². The molecule has 4 rings (SSSR count). The standard InChI is InChI=1S/C22H23N5O2/c1-15-3-2-4-17(11-15)21-19(13-24-25-21)22(29)26-9-10-27(20(28)14-26)18-7-5-16(12-23)6-8-18/h2-8,11,19,21,24-25H,9-10,13-14H2,1H3. The molecule has 2 heterocycles. The fraction of sp³-hybridized carbons (Fsp3) is 0.318. The molecule has 148 valence electrons. The van der Waals surface area contributed by atoms with Gasteiger partial charge in [0.1, 0.15) is 6.54 Å². The zero-order valence-corrected chi connectivity index (χ0v) is 16.3. The summed E-state index contributed by atoms with van der Waals surface area (Å²) >= 11 is 0. The average molecular weight is 389 g/mol. The van der Waals surface area contributed by atoms with Crippen molar-refractivity contribution in [2.24, 2.45) is 5.92 Å². The van der Waals surface area contributed by atoms with Gasteiger partial charge >= 0.3 is 0 Å². The molecule has 29 heavy (non-hydrogen) atoms. The van der Waals surface area contributed by atoms with E-state index in [0.717, 1.165) is 16.8 Å². The van der Waals surface area contributed by atoms with Gasteiger partial charge in [0.2, 0.25) is 11.8 Å². The van der Waals surface area contributed by atoms with Crippen LogP contribution in [0, 0.1) is 24.2 Å². The van der Waals surface area contributed by atoms with Crippen molar-refractivity contribution in [3.8, 4) is 6.07 Å². The van der Waals surface area contributed by atoms with E-state index in [2.05, 4.69) is 23.0 Å². The molecule has 7 heteroatoms. The Morgan fingerprint density at radius 2 is 1.97 bits per heavy atom. The lowest BCUT2D eigenvalue weighted by Gasteiger charge is -2.36. The Balaban J connectivity index is 1.45. The van der Waals surface area contributed by atoms with Crippen molar-refractivity contribution in [2.45, 2.75) is 13.0 Å². The Morgan fingerprint density at radius 1 is 1.17 bits per heavy atom. The molecule has 0 aromatic heterocycles. The third-order valence-electron chi connectivity index (χ3n) is 5.54. The van der Waals surface area contributed by atoms with E-state index in [4.69, 9.17) is 5.26 Å². The van der Waals surface area contributed by atoms with Crippen LogP contribution in [0.4, 0.5) is 5.69 Å². The van der Waals surface area contributed by atoms with Gasteiger partial charge in [0.15, 0.2) is 0 Å². The fourth-order valence-corrected chi connectivity index (χ4v) is 3.99. The Hall–Kier alpha value is -3.21. The van der Waals surface area contributed by atoms with Gasteiger partial charge in [0.05, 0.1) is 23.6 Å². The number of amides is 2. The molecule has 2 unspecified atom stereocenters. The van der Waals surface area contributed by atoms with E-state index in [-0.39, 0.29) is 30.3 Å². The number of nitrogens with zero attached hydrogens (tertiary/aromatic N) is 3. The molecule has 2 saturated heterocycles. The lowest BCUT2D eigenvalue weighted by atomic mass is 9.92. The van der Waals surface area contributed by atoms with Crippen LogP contribution in [-0.2, 0) is 9.59 Å². The van der Waals surface area contributed by atoms with E-state index in [1.165, 1.54) is 0 Å². The van der Waals surface area contributed by atoms with E-state index in [0.29, 0.717) is 25.2 Å². The normalized spacial score (nSPS) is 21.9. The van der Waals surface area contributed by atoms with E-state index in [1.54, 1.807) is 34.1 Å². The summed E-state index contributed by atoms with van der Waals surface area (Å²) in [7, 11) is 0. The van der Waals surface area contributed by atoms with Crippen molar-refractivity contribution in [3.05, 3.63) is 65.2 Å². The minimum atomic E-state index is -0.258. The highest BCUT2D eigenvalue weighted by atomic mass is 16.2. The van der Waals surface area contributed by atoms with Crippen LogP contribution in [0.1, 0.15) is 22.7 Å². The topological polar surface area (TPSA) is 88.5 Å². The van der Waals surface area contributed by atoms with Gasteiger partial charge < -0.3 is 9.80 Å². The highest BCUT2D eigenvalue weighted by Crippen LogP contribution is 2.28. The number of carbonyl (C=O) groups is 2. The Labute approximate surface area is 169 Å². The summed E-state index contributed by atoms with van der Waals surface area (Å²) in [4.78, 5) is 29.2. The van der Waals surface area contributed by atoms with Crippen LogP contribution in [0.3, 0.4) is 0 Å². The van der Waals surface area contributed by atoms with E-state index in [9.17, 15) is 9.59 Å². The van der Waals surface area contributed by atoms with Crippen molar-refractivity contribution < 1.29 is 9.59 Å². The summed E-state index contributed by atoms with van der Waals surface area (Å²) in [6, 6.07) is 17.0. The zero-order valence-electron chi connectivity index (χ0n) is 16.3. The molecule has 2 aliphatic rings. The predicted octanol–water partition coefficient (Wildman–Crippen LogP) is 1.51. The number of aryl methyl sites for hydroxylation is 1. The summed E-state index contributed by atoms with van der Waals surface area (Å²) in [6.07, 6.45) is 0. The van der Waals surface area contributed by atoms with Crippen LogP contribution in [-0.4, -0.2) is 42.9 Å². The second kappa shape index (κ2) is 8.03. The number of rotatable bonds is 3. The minimum absolute atomic E-state index is 0.0122. The van der Waals surface area contributed by atoms with Gasteiger partial charge in [-0.15, -0.1) is 0 Å². The number of hydrogen-bond donors (Lipinski definition) is 2. The predicted molar refractivity (Wildman–Crippen MR) is 109 cm³/mol. The lowest BCUT2D eigenvalue weighted by molar-refractivity contribution is -0.140. The lowest BCUT2D eigenvalue weighted by Crippen LogP contribution is -2.54. The molecule has 2 atom stereocenters. The molecule has 2 fully saturated rings. The minimum Gasteiger partial charge on any atom is -0.331 e. The molecular weight excluding hydrogens is 366 g/mol. The molecule has 2 N–H and O–H groups in total. The molecule has 2 amide bonds. The fourth-order valence-electron chi connectivity index (χ4n) is 3.99. The molecule has 0 aliphatic carbocycles. The maximum Gasteiger partial charge on any atom is 0.246 e. The number of hydrogen-bond acceptors (Lipinski definition) is 5. The van der Waals surface area contributed by atoms with Gasteiger partial charge in [0.25, 0.3) is 0 Å². The van der Waals surface area contributed by atoms with Crippen molar-refractivity contribution in [2.75, 3.05) is 31.1 Å². The Kier molecular flexibility index (Phi) is 5.30. The van der Waals surface area contributed by atoms with Crippen molar-refractivity contribution >= 4 is 17.5 Å². The molecule has 2 aliphatic heterocycles. The van der Waals surface area contributed by atoms with E-state index in [1.807, 2.05) is 25.1 Å². The largest absolute Gasteiger partial charge is 0.331 e. The molecule has 0 spiro atoms. The number of anilines is 1. The highest BCUT2D eigenvalue weighted by molar-refractivity contribution is 5.98. The number of piperazine rings is 1. The first-order valence-corrected chi connectivity index (χ1v) is 9.71. The van der Waals surface area contributed by atoms with Crippen LogP contribution in [0.25, 0.3) is 0 Å². The van der Waals surface area contributed by atoms with Gasteiger partial charge in [-0.3, -0.25) is 15.0 Å². The van der Waals surface area contributed by atoms with Crippen LogP contribution in [0.2, 0.25) is 0 Å². The zero-order chi connectivity index (χ0) is 20.4. The smallest absolute Gasteiger partial charge is 0.246 e. The molecule has 2 aromatic rings. The van der Waals surface area contributed by atoms with Gasteiger partial charge in [-0.1, -0.05) is 29.8 Å². The van der Waals surface area contributed by atoms with Crippen LogP contribution < -0.4 is 15.8 Å². The monoisotopic (exact) mass is 389 g/mol. The second-order valence-electron chi connectivity index (χ2n) is 7.49. The summed E-state index contributed by atoms with van der Waals surface area (Å²) in [5.74, 6) is -0.381. The quantitative estimate of drug-likeness (QED) is 0.831. The molecular formula is C22H23N5O2. The Bertz CT molecular complexity index is 966. The summed E-state index contributed by atoms with van der Waals surface area (Å²) < 4.78 is 0. The number of hydrazine groups is 1. The average Bonchev–Trinajstić information content (AvgIpc) is 3.23. The van der Waals surface area contributed by atoms with Crippen LogP contribution >= 0.6 is 0 Å². The molecule has 0 saturated carbocycles. The van der Waals surface area contributed by atoms with Gasteiger partial charge in [-0.25, -0.2) is 5.43 Å². The molecule has 0 radical (unpaired) electrons. The van der Waals surface area contributed by atoms with Crippen molar-refractivity contribution in [1.29, 1.82) is 5.26 Å². The third-order valence-corrected chi connectivity index (χ3v) is 5.54. The first-order chi connectivity index (χ1) is 14.1. The first kappa shape index (κ1) is 19.1. The maximum absolute atomic E-state index is 13.2. The van der Waals surface area contributed by atoms with Crippen molar-refractivity contribution in [3.63, 3.8) is 0 Å². The summed E-state index contributed by atoms with van der Waals surface area (Å²) in [5.41, 5.74) is 9.82. The van der Waals surface area contributed by atoms with Gasteiger partial charge in [-0.05, 0) is 36.8 Å². The Morgan fingerprint density at radius 3 is 2.66 bits per heavy atom. The number of benzene rings is 2. The molecule has 7 nitrogen and oxygen atoms in total. The maximum atomic E-state index is 13.2. The van der Waals surface area contributed by atoms with Crippen LogP contribution in [0.5, 0.6) is 0 Å². The third kappa shape index (κ3) is 3.86. The van der Waals surface area contributed by atoms with Gasteiger partial charge in [0, 0.05) is 25.3 Å². The number of nitriles is 1. The molecule has 2 aromatic carbocycles. The summed E-state index contributed by atoms with van der Waals surface area (Å²) in [5, 5.41) is 8.92.